The van der Waals surface area contributed by atoms with Gasteiger partial charge in [0.05, 0.1) is 28.7 Å². The summed E-state index contributed by atoms with van der Waals surface area (Å²) in [5, 5.41) is 9.75. The zero-order chi connectivity index (χ0) is 26.1. The third kappa shape index (κ3) is 5.54. The number of rotatable bonds is 6. The highest BCUT2D eigenvalue weighted by Gasteiger charge is 2.31. The van der Waals surface area contributed by atoms with E-state index in [0.717, 1.165) is 24.3 Å². The van der Waals surface area contributed by atoms with Crippen molar-refractivity contribution >= 4 is 11.0 Å². The van der Waals surface area contributed by atoms with Crippen LogP contribution in [0.5, 0.6) is 5.75 Å². The molecule has 36 heavy (non-hydrogen) atoms. The first kappa shape index (κ1) is 25.3. The van der Waals surface area contributed by atoms with Crippen LogP contribution in [0.4, 0.5) is 26.3 Å². The standard InChI is InChI=1S/C26H18F6O4/c27-25(28,29)18-6-1-15(2-7-18)11-21-23(20-10-5-17(13-33)12-22(20)36-24(21)34)35-14-16-3-8-19(9-4-16)26(30,31)32/h1-10,12,33H,11,13-14H2. The van der Waals surface area contributed by atoms with E-state index >= 15 is 0 Å². The van der Waals surface area contributed by atoms with Crippen molar-refractivity contribution < 1.29 is 40.6 Å². The number of benzene rings is 3. The molecule has 0 amide bonds. The summed E-state index contributed by atoms with van der Waals surface area (Å²) in [6, 6.07) is 13.2. The number of aliphatic hydroxyl groups is 1. The lowest BCUT2D eigenvalue weighted by molar-refractivity contribution is -0.138. The van der Waals surface area contributed by atoms with E-state index in [1.54, 1.807) is 12.1 Å². The molecule has 0 radical (unpaired) electrons. The maximum Gasteiger partial charge on any atom is 0.416 e. The molecule has 1 aromatic heterocycles. The van der Waals surface area contributed by atoms with Crippen molar-refractivity contribution in [3.63, 3.8) is 0 Å². The van der Waals surface area contributed by atoms with Gasteiger partial charge in [0, 0.05) is 6.42 Å². The molecule has 10 heteroatoms. The molecule has 0 aliphatic heterocycles. The van der Waals surface area contributed by atoms with E-state index < -0.39 is 29.1 Å². The topological polar surface area (TPSA) is 59.7 Å². The smallest absolute Gasteiger partial charge is 0.416 e. The number of hydrogen-bond acceptors (Lipinski definition) is 4. The first-order valence-corrected chi connectivity index (χ1v) is 10.6. The minimum absolute atomic E-state index is 0.0333. The van der Waals surface area contributed by atoms with Crippen molar-refractivity contribution in [2.24, 2.45) is 0 Å². The molecule has 0 spiro atoms. The highest BCUT2D eigenvalue weighted by Crippen LogP contribution is 2.33. The van der Waals surface area contributed by atoms with E-state index in [4.69, 9.17) is 9.15 Å². The Balaban J connectivity index is 1.71. The quantitative estimate of drug-likeness (QED) is 0.239. The van der Waals surface area contributed by atoms with Crippen LogP contribution in [0.1, 0.15) is 33.4 Å². The van der Waals surface area contributed by atoms with E-state index in [1.165, 1.54) is 30.3 Å². The Bertz CT molecular complexity index is 1420. The molecule has 0 aliphatic rings. The monoisotopic (exact) mass is 508 g/mol. The molecule has 4 aromatic rings. The molecule has 0 atom stereocenters. The van der Waals surface area contributed by atoms with E-state index in [1.807, 2.05) is 0 Å². The lowest BCUT2D eigenvalue weighted by Gasteiger charge is -2.15. The molecule has 0 aliphatic carbocycles. The average molecular weight is 508 g/mol. The number of alkyl halides is 6. The molecule has 1 N–H and O–H groups in total. The van der Waals surface area contributed by atoms with Gasteiger partial charge in [0.15, 0.2) is 0 Å². The summed E-state index contributed by atoms with van der Waals surface area (Å²) in [6.07, 6.45) is -9.12. The van der Waals surface area contributed by atoms with Crippen LogP contribution in [-0.4, -0.2) is 5.11 Å². The van der Waals surface area contributed by atoms with Crippen molar-refractivity contribution in [3.8, 4) is 5.75 Å². The fraction of sp³-hybridized carbons (Fsp3) is 0.192. The van der Waals surface area contributed by atoms with Crippen molar-refractivity contribution in [1.29, 1.82) is 0 Å². The van der Waals surface area contributed by atoms with Crippen LogP contribution in [0, 0.1) is 0 Å². The van der Waals surface area contributed by atoms with Gasteiger partial charge < -0.3 is 14.3 Å². The van der Waals surface area contributed by atoms with Crippen molar-refractivity contribution in [1.82, 2.24) is 0 Å². The average Bonchev–Trinajstić information content (AvgIpc) is 2.83. The van der Waals surface area contributed by atoms with Gasteiger partial charge in [-0.25, -0.2) is 4.79 Å². The highest BCUT2D eigenvalue weighted by molar-refractivity contribution is 5.85. The second-order valence-electron chi connectivity index (χ2n) is 8.04. The van der Waals surface area contributed by atoms with E-state index in [9.17, 15) is 36.2 Å². The van der Waals surface area contributed by atoms with Crippen LogP contribution < -0.4 is 10.4 Å². The first-order chi connectivity index (χ1) is 17.0. The van der Waals surface area contributed by atoms with Gasteiger partial charge in [0.25, 0.3) is 0 Å². The Labute approximate surface area is 200 Å². The van der Waals surface area contributed by atoms with Gasteiger partial charge >= 0.3 is 18.0 Å². The summed E-state index contributed by atoms with van der Waals surface area (Å²) in [4.78, 5) is 12.8. The minimum Gasteiger partial charge on any atom is -0.488 e. The summed E-state index contributed by atoms with van der Waals surface area (Å²) in [5.41, 5.74) is -1.05. The molecule has 4 nitrogen and oxygen atoms in total. The molecule has 1 heterocycles. The second kappa shape index (κ2) is 9.69. The van der Waals surface area contributed by atoms with Crippen LogP contribution in [0.3, 0.4) is 0 Å². The molecular formula is C26H18F6O4. The van der Waals surface area contributed by atoms with E-state index in [0.29, 0.717) is 22.1 Å². The summed E-state index contributed by atoms with van der Waals surface area (Å²) < 4.78 is 88.5. The molecule has 0 saturated carbocycles. The third-order valence-electron chi connectivity index (χ3n) is 5.52. The second-order valence-corrected chi connectivity index (χ2v) is 8.04. The summed E-state index contributed by atoms with van der Waals surface area (Å²) in [7, 11) is 0. The maximum atomic E-state index is 12.9. The lowest BCUT2D eigenvalue weighted by Crippen LogP contribution is -2.13. The van der Waals surface area contributed by atoms with Crippen LogP contribution >= 0.6 is 0 Å². The third-order valence-corrected chi connectivity index (χ3v) is 5.52. The summed E-state index contributed by atoms with van der Waals surface area (Å²) >= 11 is 0. The van der Waals surface area contributed by atoms with Crippen LogP contribution in [0.15, 0.2) is 75.9 Å². The Morgan fingerprint density at radius 3 is 1.81 bits per heavy atom. The Kier molecular flexibility index (Phi) is 6.81. The molecular weight excluding hydrogens is 490 g/mol. The first-order valence-electron chi connectivity index (χ1n) is 10.6. The molecule has 4 rings (SSSR count). The molecule has 188 valence electrons. The molecule has 0 saturated heterocycles. The van der Waals surface area contributed by atoms with Crippen molar-refractivity contribution in [3.05, 3.63) is 111 Å². The molecule has 0 bridgehead atoms. The van der Waals surface area contributed by atoms with Crippen LogP contribution in [-0.2, 0) is 32.0 Å². The largest absolute Gasteiger partial charge is 0.488 e. The molecule has 3 aromatic carbocycles. The van der Waals surface area contributed by atoms with Crippen molar-refractivity contribution in [2.75, 3.05) is 0 Å². The van der Waals surface area contributed by atoms with Gasteiger partial charge in [0.1, 0.15) is 17.9 Å². The Hall–Kier alpha value is -3.79. The zero-order valence-corrected chi connectivity index (χ0v) is 18.4. The highest BCUT2D eigenvalue weighted by atomic mass is 19.4. The Morgan fingerprint density at radius 1 is 0.750 bits per heavy atom. The van der Waals surface area contributed by atoms with Crippen LogP contribution in [0.25, 0.3) is 11.0 Å². The fourth-order valence-electron chi connectivity index (χ4n) is 3.63. The number of halogens is 6. The summed E-state index contributed by atoms with van der Waals surface area (Å²) in [5.74, 6) is 0.0885. The SMILES string of the molecule is O=c1oc2cc(CO)ccc2c(OCc2ccc(C(F)(F)F)cc2)c1Cc1ccc(C(F)(F)F)cc1. The predicted octanol–water partition coefficient (Wildman–Crippen LogP) is 6.49. The predicted molar refractivity (Wildman–Crippen MR) is 118 cm³/mol. The van der Waals surface area contributed by atoms with Gasteiger partial charge in [0.2, 0.25) is 0 Å². The molecule has 0 fully saturated rings. The maximum absolute atomic E-state index is 12.9. The van der Waals surface area contributed by atoms with Gasteiger partial charge in [-0.15, -0.1) is 0 Å². The number of aliphatic hydroxyl groups excluding tert-OH is 1. The van der Waals surface area contributed by atoms with Gasteiger partial charge in [-0.3, -0.25) is 0 Å². The number of fused-ring (bicyclic) bond motifs is 1. The number of ether oxygens (including phenoxy) is 1. The van der Waals surface area contributed by atoms with Gasteiger partial charge in [-0.1, -0.05) is 30.3 Å². The number of hydrogen-bond donors (Lipinski definition) is 1. The van der Waals surface area contributed by atoms with Crippen LogP contribution in [0.2, 0.25) is 0 Å². The molecule has 0 unspecified atom stereocenters. The fourth-order valence-corrected chi connectivity index (χ4v) is 3.63. The Morgan fingerprint density at radius 2 is 1.28 bits per heavy atom. The zero-order valence-electron chi connectivity index (χ0n) is 18.4. The van der Waals surface area contributed by atoms with Gasteiger partial charge in [-0.2, -0.15) is 26.3 Å². The summed E-state index contributed by atoms with van der Waals surface area (Å²) in [6.45, 7) is -0.493. The van der Waals surface area contributed by atoms with Gasteiger partial charge in [-0.05, 0) is 53.1 Å². The van der Waals surface area contributed by atoms with E-state index in [-0.39, 0.29) is 36.5 Å². The lowest BCUT2D eigenvalue weighted by atomic mass is 10.0. The minimum atomic E-state index is -4.51. The van der Waals surface area contributed by atoms with Crippen molar-refractivity contribution in [2.45, 2.75) is 32.0 Å². The normalized spacial score (nSPS) is 12.2. The van der Waals surface area contributed by atoms with E-state index in [2.05, 4.69) is 0 Å².